The maximum atomic E-state index is 12.8. The van der Waals surface area contributed by atoms with E-state index >= 15 is 0 Å². The Labute approximate surface area is 172 Å². The lowest BCUT2D eigenvalue weighted by Crippen LogP contribution is -2.43. The van der Waals surface area contributed by atoms with E-state index in [1.54, 1.807) is 19.2 Å². The SMILES string of the molecule is CN=C(NCCCCOc1ccc(F)cc1)NC(C)CCS(C)(=O)=O.I. The van der Waals surface area contributed by atoms with Gasteiger partial charge >= 0.3 is 0 Å². The Bertz CT molecular complexity index is 639. The molecule has 0 radical (unpaired) electrons. The van der Waals surface area contributed by atoms with Crippen LogP contribution < -0.4 is 15.4 Å². The Kier molecular flexibility index (Phi) is 12.6. The van der Waals surface area contributed by atoms with Crippen molar-refractivity contribution in [3.05, 3.63) is 30.1 Å². The molecule has 1 aromatic carbocycles. The van der Waals surface area contributed by atoms with Crippen molar-refractivity contribution in [2.45, 2.75) is 32.2 Å². The number of sulfone groups is 1. The van der Waals surface area contributed by atoms with E-state index in [1.807, 2.05) is 6.92 Å². The molecule has 0 aliphatic rings. The van der Waals surface area contributed by atoms with E-state index in [0.29, 0.717) is 24.7 Å². The number of aliphatic imine (C=N–C) groups is 1. The summed E-state index contributed by atoms with van der Waals surface area (Å²) in [7, 11) is -1.27. The summed E-state index contributed by atoms with van der Waals surface area (Å²) in [5.74, 6) is 1.19. The highest BCUT2D eigenvalue weighted by Crippen LogP contribution is 2.11. The van der Waals surface area contributed by atoms with Gasteiger partial charge in [0.25, 0.3) is 0 Å². The van der Waals surface area contributed by atoms with Crippen LogP contribution in [0.4, 0.5) is 4.39 Å². The minimum Gasteiger partial charge on any atom is -0.494 e. The van der Waals surface area contributed by atoms with Crippen LogP contribution in [0.15, 0.2) is 29.3 Å². The molecule has 0 aliphatic heterocycles. The highest BCUT2D eigenvalue weighted by molar-refractivity contribution is 14.0. The van der Waals surface area contributed by atoms with Crippen LogP contribution in [0.5, 0.6) is 5.75 Å². The number of guanidine groups is 1. The van der Waals surface area contributed by atoms with Gasteiger partial charge in [0.05, 0.1) is 12.4 Å². The molecule has 1 atom stereocenters. The first-order valence-electron chi connectivity index (χ1n) is 8.33. The van der Waals surface area contributed by atoms with Gasteiger partial charge in [-0.1, -0.05) is 0 Å². The van der Waals surface area contributed by atoms with E-state index in [1.165, 1.54) is 18.4 Å². The zero-order chi connectivity index (χ0) is 18.7. The van der Waals surface area contributed by atoms with Crippen molar-refractivity contribution in [3.63, 3.8) is 0 Å². The molecule has 0 saturated carbocycles. The summed E-state index contributed by atoms with van der Waals surface area (Å²) >= 11 is 0. The summed E-state index contributed by atoms with van der Waals surface area (Å²) in [5.41, 5.74) is 0. The van der Waals surface area contributed by atoms with Crippen LogP contribution in [-0.2, 0) is 9.84 Å². The third-order valence-corrected chi connectivity index (χ3v) is 4.45. The van der Waals surface area contributed by atoms with Gasteiger partial charge in [-0.25, -0.2) is 12.8 Å². The van der Waals surface area contributed by atoms with E-state index in [2.05, 4.69) is 15.6 Å². The summed E-state index contributed by atoms with van der Waals surface area (Å²) in [6, 6.07) is 5.98. The number of benzene rings is 1. The third-order valence-electron chi connectivity index (χ3n) is 3.47. The standard InChI is InChI=1S/C17H28FN3O3S.HI/c1-14(10-13-25(3,22)23)21-17(19-2)20-11-4-5-12-24-16-8-6-15(18)7-9-16;/h6-9,14H,4-5,10-13H2,1-3H3,(H2,19,20,21);1H. The Morgan fingerprint density at radius 1 is 1.27 bits per heavy atom. The number of unbranched alkanes of at least 4 members (excludes halogenated alkanes) is 1. The van der Waals surface area contributed by atoms with E-state index < -0.39 is 9.84 Å². The molecule has 0 spiro atoms. The van der Waals surface area contributed by atoms with E-state index in [-0.39, 0.29) is 41.6 Å². The predicted molar refractivity (Wildman–Crippen MR) is 115 cm³/mol. The van der Waals surface area contributed by atoms with Crippen LogP contribution in [0.2, 0.25) is 0 Å². The summed E-state index contributed by atoms with van der Waals surface area (Å²) in [6.45, 7) is 3.21. The van der Waals surface area contributed by atoms with Gasteiger partial charge in [0.1, 0.15) is 21.4 Å². The molecule has 0 aliphatic carbocycles. The van der Waals surface area contributed by atoms with Crippen molar-refractivity contribution >= 4 is 39.8 Å². The second-order valence-corrected chi connectivity index (χ2v) is 8.23. The van der Waals surface area contributed by atoms with Gasteiger partial charge in [0.2, 0.25) is 0 Å². The average molecular weight is 501 g/mol. The molecule has 150 valence electrons. The van der Waals surface area contributed by atoms with Crippen molar-refractivity contribution in [1.82, 2.24) is 10.6 Å². The van der Waals surface area contributed by atoms with Crippen LogP contribution in [0.3, 0.4) is 0 Å². The molecule has 2 N–H and O–H groups in total. The van der Waals surface area contributed by atoms with Gasteiger partial charge in [-0.3, -0.25) is 4.99 Å². The molecule has 1 rings (SSSR count). The molecule has 0 aromatic heterocycles. The predicted octanol–water partition coefficient (Wildman–Crippen LogP) is 2.59. The van der Waals surface area contributed by atoms with Crippen LogP contribution in [-0.4, -0.2) is 52.6 Å². The van der Waals surface area contributed by atoms with Gasteiger partial charge in [-0.05, 0) is 50.5 Å². The molecule has 1 aromatic rings. The van der Waals surface area contributed by atoms with Crippen molar-refractivity contribution in [2.75, 3.05) is 32.2 Å². The first kappa shape index (κ1) is 24.9. The molecule has 0 saturated heterocycles. The number of halogens is 2. The van der Waals surface area contributed by atoms with Crippen LogP contribution in [0.1, 0.15) is 26.2 Å². The summed E-state index contributed by atoms with van der Waals surface area (Å²) in [4.78, 5) is 4.12. The van der Waals surface area contributed by atoms with Gasteiger partial charge in [-0.15, -0.1) is 24.0 Å². The minimum atomic E-state index is -2.95. The van der Waals surface area contributed by atoms with Crippen LogP contribution in [0.25, 0.3) is 0 Å². The summed E-state index contributed by atoms with van der Waals surface area (Å²) < 4.78 is 40.7. The lowest BCUT2D eigenvalue weighted by atomic mass is 10.2. The van der Waals surface area contributed by atoms with Gasteiger partial charge in [-0.2, -0.15) is 0 Å². The topological polar surface area (TPSA) is 79.8 Å². The van der Waals surface area contributed by atoms with Gasteiger partial charge in [0.15, 0.2) is 5.96 Å². The lowest BCUT2D eigenvalue weighted by Gasteiger charge is -2.17. The highest BCUT2D eigenvalue weighted by Gasteiger charge is 2.09. The molecule has 0 bridgehead atoms. The highest BCUT2D eigenvalue weighted by atomic mass is 127. The van der Waals surface area contributed by atoms with Gasteiger partial charge < -0.3 is 15.4 Å². The zero-order valence-corrected chi connectivity index (χ0v) is 18.6. The fourth-order valence-electron chi connectivity index (χ4n) is 2.05. The minimum absolute atomic E-state index is 0. The molecule has 0 heterocycles. The lowest BCUT2D eigenvalue weighted by molar-refractivity contribution is 0.306. The Balaban J connectivity index is 0.00000625. The van der Waals surface area contributed by atoms with E-state index in [0.717, 1.165) is 19.4 Å². The molecular formula is C17H29FIN3O3S. The normalized spacial score (nSPS) is 12.8. The maximum Gasteiger partial charge on any atom is 0.191 e. The first-order chi connectivity index (χ1) is 11.8. The number of nitrogens with one attached hydrogen (secondary N) is 2. The smallest absolute Gasteiger partial charge is 0.191 e. The summed E-state index contributed by atoms with van der Waals surface area (Å²) in [5, 5.41) is 6.36. The van der Waals surface area contributed by atoms with Crippen molar-refractivity contribution in [2.24, 2.45) is 4.99 Å². The van der Waals surface area contributed by atoms with Crippen LogP contribution >= 0.6 is 24.0 Å². The number of rotatable bonds is 10. The zero-order valence-electron chi connectivity index (χ0n) is 15.5. The van der Waals surface area contributed by atoms with Gasteiger partial charge in [0, 0.05) is 25.9 Å². The molecule has 26 heavy (non-hydrogen) atoms. The average Bonchev–Trinajstić information content (AvgIpc) is 2.56. The van der Waals surface area contributed by atoms with Crippen molar-refractivity contribution in [1.29, 1.82) is 0 Å². The molecule has 1 unspecified atom stereocenters. The molecule has 0 fully saturated rings. The first-order valence-corrected chi connectivity index (χ1v) is 10.4. The van der Waals surface area contributed by atoms with Crippen LogP contribution in [0, 0.1) is 5.82 Å². The second-order valence-electron chi connectivity index (χ2n) is 5.97. The monoisotopic (exact) mass is 501 g/mol. The Morgan fingerprint density at radius 2 is 1.92 bits per heavy atom. The second kappa shape index (κ2) is 13.1. The Hall–Kier alpha value is -1.10. The number of hydrogen-bond donors (Lipinski definition) is 2. The number of nitrogens with zero attached hydrogens (tertiary/aromatic N) is 1. The molecule has 0 amide bonds. The maximum absolute atomic E-state index is 12.8. The summed E-state index contributed by atoms with van der Waals surface area (Å²) in [6.07, 6.45) is 3.51. The van der Waals surface area contributed by atoms with E-state index in [9.17, 15) is 12.8 Å². The van der Waals surface area contributed by atoms with Crippen molar-refractivity contribution < 1.29 is 17.5 Å². The molecular weight excluding hydrogens is 472 g/mol. The largest absolute Gasteiger partial charge is 0.494 e. The fraction of sp³-hybridized carbons (Fsp3) is 0.588. The number of hydrogen-bond acceptors (Lipinski definition) is 4. The molecule has 6 nitrogen and oxygen atoms in total. The molecule has 9 heteroatoms. The fourth-order valence-corrected chi connectivity index (χ4v) is 2.83. The third kappa shape index (κ3) is 12.3. The Morgan fingerprint density at radius 3 is 2.50 bits per heavy atom. The van der Waals surface area contributed by atoms with E-state index in [4.69, 9.17) is 4.74 Å². The number of ether oxygens (including phenoxy) is 1. The quantitative estimate of drug-likeness (QED) is 0.223. The van der Waals surface area contributed by atoms with Crippen molar-refractivity contribution in [3.8, 4) is 5.75 Å².